The van der Waals surface area contributed by atoms with Crippen LogP contribution in [0, 0.1) is 0 Å². The summed E-state index contributed by atoms with van der Waals surface area (Å²) in [5.41, 5.74) is 0. The fourth-order valence-corrected chi connectivity index (χ4v) is 7.68. The highest BCUT2D eigenvalue weighted by Crippen LogP contribution is 2.37. The number of halogens is 1. The second kappa shape index (κ2) is 9.19. The largest absolute Gasteiger partial charge is 0.341 e. The molecule has 4 rings (SSSR count). The van der Waals surface area contributed by atoms with E-state index in [1.807, 2.05) is 11.0 Å². The summed E-state index contributed by atoms with van der Waals surface area (Å²) in [7, 11) is -3.85. The third kappa shape index (κ3) is 4.83. The van der Waals surface area contributed by atoms with Crippen molar-refractivity contribution in [3.05, 3.63) is 28.6 Å². The zero-order chi connectivity index (χ0) is 22.2. The van der Waals surface area contributed by atoms with Gasteiger partial charge in [-0.15, -0.1) is 22.7 Å². The number of rotatable bonds is 6. The molecule has 1 N–H and O–H groups in total. The van der Waals surface area contributed by atoms with Crippen LogP contribution in [0.4, 0.5) is 0 Å². The van der Waals surface area contributed by atoms with Gasteiger partial charge >= 0.3 is 0 Å². The lowest BCUT2D eigenvalue weighted by atomic mass is 10.1. The molecule has 7 nitrogen and oxygen atoms in total. The van der Waals surface area contributed by atoms with Crippen LogP contribution in [0.25, 0.3) is 9.75 Å². The maximum Gasteiger partial charge on any atom is 0.250 e. The molecular weight excluding hydrogens is 478 g/mol. The Kier molecular flexibility index (Phi) is 6.73. The summed E-state index contributed by atoms with van der Waals surface area (Å²) in [6.07, 6.45) is 3.42. The summed E-state index contributed by atoms with van der Waals surface area (Å²) < 4.78 is 29.1. The molecule has 2 amide bonds. The lowest BCUT2D eigenvalue weighted by Crippen LogP contribution is -2.51. The van der Waals surface area contributed by atoms with Gasteiger partial charge in [0.2, 0.25) is 11.8 Å². The van der Waals surface area contributed by atoms with E-state index in [0.717, 1.165) is 53.4 Å². The molecule has 2 aromatic rings. The first kappa shape index (κ1) is 22.7. The minimum absolute atomic E-state index is 0.0611. The van der Waals surface area contributed by atoms with E-state index >= 15 is 0 Å². The predicted octanol–water partition coefficient (Wildman–Crippen LogP) is 3.41. The number of carbonyl (C=O) groups excluding carboxylic acids is 2. The zero-order valence-electron chi connectivity index (χ0n) is 17.0. The molecule has 0 aromatic carbocycles. The van der Waals surface area contributed by atoms with Crippen molar-refractivity contribution < 1.29 is 18.0 Å². The molecule has 0 bridgehead atoms. The molecule has 0 aliphatic carbocycles. The number of thiophene rings is 2. The summed E-state index contributed by atoms with van der Waals surface area (Å²) >= 11 is 8.49. The van der Waals surface area contributed by atoms with Crippen LogP contribution in [0.15, 0.2) is 28.5 Å². The number of sulfonamides is 1. The maximum atomic E-state index is 12.9. The first-order valence-corrected chi connectivity index (χ1v) is 13.7. The Labute approximate surface area is 195 Å². The summed E-state index contributed by atoms with van der Waals surface area (Å²) in [5.74, 6) is -0.405. The quantitative estimate of drug-likeness (QED) is 0.657. The van der Waals surface area contributed by atoms with Crippen molar-refractivity contribution in [3.8, 4) is 9.75 Å². The normalized spacial score (nSPS) is 21.0. The lowest BCUT2D eigenvalue weighted by Gasteiger charge is -2.32. The molecule has 168 valence electrons. The Hall–Kier alpha value is -1.46. The van der Waals surface area contributed by atoms with Crippen LogP contribution in [0.3, 0.4) is 0 Å². The second-order valence-electron chi connectivity index (χ2n) is 7.78. The molecule has 0 saturated carbocycles. The van der Waals surface area contributed by atoms with Gasteiger partial charge in [-0.25, -0.2) is 8.42 Å². The number of piperidine rings is 1. The Morgan fingerprint density at radius 1 is 1.10 bits per heavy atom. The minimum atomic E-state index is -3.85. The van der Waals surface area contributed by atoms with Crippen LogP contribution < -0.4 is 4.72 Å². The molecule has 2 saturated heterocycles. The minimum Gasteiger partial charge on any atom is -0.341 e. The predicted molar refractivity (Wildman–Crippen MR) is 123 cm³/mol. The molecule has 2 aliphatic rings. The van der Waals surface area contributed by atoms with Gasteiger partial charge in [0.05, 0.1) is 4.34 Å². The van der Waals surface area contributed by atoms with Crippen molar-refractivity contribution in [3.63, 3.8) is 0 Å². The van der Waals surface area contributed by atoms with E-state index in [1.165, 1.54) is 22.3 Å². The third-order valence-corrected chi connectivity index (χ3v) is 10.2. The van der Waals surface area contributed by atoms with E-state index in [0.29, 0.717) is 17.3 Å². The monoisotopic (exact) mass is 501 g/mol. The topological polar surface area (TPSA) is 86.8 Å². The average Bonchev–Trinajstić information content (AvgIpc) is 3.49. The van der Waals surface area contributed by atoms with E-state index in [1.54, 1.807) is 19.1 Å². The van der Waals surface area contributed by atoms with Crippen molar-refractivity contribution in [2.45, 2.75) is 48.9 Å². The van der Waals surface area contributed by atoms with Crippen LogP contribution in [-0.4, -0.2) is 61.7 Å². The van der Waals surface area contributed by atoms with E-state index in [4.69, 9.17) is 11.6 Å². The zero-order valence-corrected chi connectivity index (χ0v) is 20.2. The van der Waals surface area contributed by atoms with Gasteiger partial charge in [0.15, 0.2) is 0 Å². The molecule has 0 radical (unpaired) electrons. The highest BCUT2D eigenvalue weighted by atomic mass is 35.5. The molecule has 4 heterocycles. The van der Waals surface area contributed by atoms with Gasteiger partial charge in [0, 0.05) is 29.4 Å². The number of hydrogen-bond acceptors (Lipinski definition) is 6. The third-order valence-electron chi connectivity index (χ3n) is 5.69. The van der Waals surface area contributed by atoms with Gasteiger partial charge in [-0.05, 0) is 56.9 Å². The lowest BCUT2D eigenvalue weighted by molar-refractivity contribution is -0.143. The molecule has 2 aliphatic heterocycles. The number of carbonyl (C=O) groups is 2. The summed E-state index contributed by atoms with van der Waals surface area (Å²) in [6.45, 7) is 3.52. The maximum absolute atomic E-state index is 12.9. The van der Waals surface area contributed by atoms with E-state index < -0.39 is 22.1 Å². The molecule has 2 aromatic heterocycles. The number of likely N-dealkylation sites (tertiary alicyclic amines) is 2. The average molecular weight is 502 g/mol. The number of nitrogens with zero attached hydrogens (tertiary/aromatic N) is 2. The first-order valence-electron chi connectivity index (χ1n) is 10.2. The van der Waals surface area contributed by atoms with E-state index in [2.05, 4.69) is 4.72 Å². The van der Waals surface area contributed by atoms with Crippen molar-refractivity contribution in [1.82, 2.24) is 14.5 Å². The molecule has 2 atom stereocenters. The first-order chi connectivity index (χ1) is 14.8. The molecule has 0 unspecified atom stereocenters. The van der Waals surface area contributed by atoms with E-state index in [-0.39, 0.29) is 16.0 Å². The van der Waals surface area contributed by atoms with Gasteiger partial charge in [0.25, 0.3) is 10.0 Å². The van der Waals surface area contributed by atoms with Gasteiger partial charge < -0.3 is 9.80 Å². The molecule has 2 fully saturated rings. The highest BCUT2D eigenvalue weighted by molar-refractivity contribution is 7.91. The number of amides is 2. The second-order valence-corrected chi connectivity index (χ2v) is 12.5. The van der Waals surface area contributed by atoms with Gasteiger partial charge in [0.1, 0.15) is 16.3 Å². The van der Waals surface area contributed by atoms with Crippen molar-refractivity contribution >= 4 is 56.1 Å². The Bertz CT molecular complexity index is 1080. The van der Waals surface area contributed by atoms with Crippen molar-refractivity contribution in [2.24, 2.45) is 0 Å². The van der Waals surface area contributed by atoms with Gasteiger partial charge in [-0.2, -0.15) is 4.72 Å². The Balaban J connectivity index is 1.42. The summed E-state index contributed by atoms with van der Waals surface area (Å²) in [4.78, 5) is 30.7. The smallest absolute Gasteiger partial charge is 0.250 e. The SMILES string of the molecule is C[C@H](C(=O)N1CCCCC1)N1CC[C@H](NS(=O)(=O)c2ccc(-c3ccc(Cl)s3)s2)C1=O. The van der Waals surface area contributed by atoms with Crippen LogP contribution in [0.2, 0.25) is 4.34 Å². The summed E-state index contributed by atoms with van der Waals surface area (Å²) in [6, 6.07) is 5.45. The number of nitrogens with one attached hydrogen (secondary N) is 1. The Morgan fingerprint density at radius 2 is 1.77 bits per heavy atom. The molecule has 0 spiro atoms. The van der Waals surface area contributed by atoms with E-state index in [9.17, 15) is 18.0 Å². The highest BCUT2D eigenvalue weighted by Gasteiger charge is 2.40. The van der Waals surface area contributed by atoms with Gasteiger partial charge in [-0.1, -0.05) is 11.6 Å². The van der Waals surface area contributed by atoms with Crippen LogP contribution in [-0.2, 0) is 19.6 Å². The van der Waals surface area contributed by atoms with Gasteiger partial charge in [-0.3, -0.25) is 9.59 Å². The molecule has 11 heteroatoms. The Morgan fingerprint density at radius 3 is 2.45 bits per heavy atom. The van der Waals surface area contributed by atoms with Crippen LogP contribution in [0.5, 0.6) is 0 Å². The molecular formula is C20H24ClN3O4S3. The summed E-state index contributed by atoms with van der Waals surface area (Å²) in [5, 5.41) is 0. The van der Waals surface area contributed by atoms with Crippen molar-refractivity contribution in [1.29, 1.82) is 0 Å². The molecule has 31 heavy (non-hydrogen) atoms. The standard InChI is InChI=1S/C20H24ClN3O4S3/c1-13(19(25)23-10-3-2-4-11-23)24-12-9-14(20(24)26)22-31(27,28)18-8-6-16(30-18)15-5-7-17(21)29-15/h5-8,13-14,22H,2-4,9-12H2,1H3/t13-,14+/m1/s1. The number of hydrogen-bond donors (Lipinski definition) is 1. The van der Waals surface area contributed by atoms with Crippen LogP contribution >= 0.6 is 34.3 Å². The fraction of sp³-hybridized carbons (Fsp3) is 0.500. The van der Waals surface area contributed by atoms with Crippen LogP contribution in [0.1, 0.15) is 32.6 Å². The van der Waals surface area contributed by atoms with Crippen molar-refractivity contribution in [2.75, 3.05) is 19.6 Å². The fourth-order valence-electron chi connectivity index (χ4n) is 4.00.